The molecule has 0 aliphatic heterocycles. The van der Waals surface area contributed by atoms with E-state index in [1.165, 1.54) is 12.1 Å². The molecule has 0 heterocycles. The van der Waals surface area contributed by atoms with Crippen molar-refractivity contribution in [2.75, 3.05) is 0 Å². The predicted octanol–water partition coefficient (Wildman–Crippen LogP) is 3.88. The number of hydrogen-bond acceptors (Lipinski definition) is 3. The molecular formula is C20H22FNO3. The van der Waals surface area contributed by atoms with Crippen molar-refractivity contribution < 1.29 is 19.0 Å². The summed E-state index contributed by atoms with van der Waals surface area (Å²) in [7, 11) is 0. The zero-order valence-corrected chi connectivity index (χ0v) is 14.0. The number of benzene rings is 2. The smallest absolute Gasteiger partial charge is 0.407 e. The summed E-state index contributed by atoms with van der Waals surface area (Å²) in [6.07, 6.45) is 1.73. The summed E-state index contributed by atoms with van der Waals surface area (Å²) in [6.45, 7) is 0.229. The first-order valence-electron chi connectivity index (χ1n) is 8.51. The van der Waals surface area contributed by atoms with Gasteiger partial charge in [0.1, 0.15) is 12.4 Å². The van der Waals surface area contributed by atoms with Crippen LogP contribution >= 0.6 is 0 Å². The summed E-state index contributed by atoms with van der Waals surface area (Å²) in [6, 6.07) is 15.5. The van der Waals surface area contributed by atoms with Crippen LogP contribution in [0, 0.1) is 5.82 Å². The average Bonchev–Trinajstić information content (AvgIpc) is 2.63. The molecule has 0 aromatic heterocycles. The second-order valence-electron chi connectivity index (χ2n) is 6.52. The van der Waals surface area contributed by atoms with Crippen LogP contribution in [0.25, 0.3) is 0 Å². The highest BCUT2D eigenvalue weighted by atomic mass is 19.1. The summed E-state index contributed by atoms with van der Waals surface area (Å²) in [4.78, 5) is 11.9. The van der Waals surface area contributed by atoms with Crippen LogP contribution in [0.5, 0.6) is 0 Å². The SMILES string of the molecule is O=C(NC1CCC(O)(c2cccc(F)c2)CC1)OCc1ccccc1. The fourth-order valence-electron chi connectivity index (χ4n) is 3.24. The number of amides is 1. The van der Waals surface area contributed by atoms with Crippen LogP contribution in [0.15, 0.2) is 54.6 Å². The van der Waals surface area contributed by atoms with Gasteiger partial charge in [-0.3, -0.25) is 0 Å². The molecule has 1 saturated carbocycles. The first-order chi connectivity index (χ1) is 12.0. The van der Waals surface area contributed by atoms with Gasteiger partial charge in [-0.25, -0.2) is 9.18 Å². The van der Waals surface area contributed by atoms with Gasteiger partial charge in [0.15, 0.2) is 0 Å². The van der Waals surface area contributed by atoms with Gasteiger partial charge in [0, 0.05) is 6.04 Å². The number of halogens is 1. The number of carbonyl (C=O) groups excluding carboxylic acids is 1. The Morgan fingerprint density at radius 1 is 1.16 bits per heavy atom. The van der Waals surface area contributed by atoms with E-state index in [0.717, 1.165) is 5.56 Å². The van der Waals surface area contributed by atoms with Crippen molar-refractivity contribution in [3.63, 3.8) is 0 Å². The quantitative estimate of drug-likeness (QED) is 0.886. The highest BCUT2D eigenvalue weighted by molar-refractivity contribution is 5.67. The van der Waals surface area contributed by atoms with E-state index >= 15 is 0 Å². The molecule has 1 fully saturated rings. The lowest BCUT2D eigenvalue weighted by Crippen LogP contribution is -2.42. The molecule has 3 rings (SSSR count). The number of aliphatic hydroxyl groups is 1. The Balaban J connectivity index is 1.48. The van der Waals surface area contributed by atoms with E-state index in [-0.39, 0.29) is 18.5 Å². The Morgan fingerprint density at radius 3 is 2.56 bits per heavy atom. The Morgan fingerprint density at radius 2 is 1.88 bits per heavy atom. The molecule has 25 heavy (non-hydrogen) atoms. The molecule has 0 bridgehead atoms. The molecule has 132 valence electrons. The number of alkyl carbamates (subject to hydrolysis) is 1. The maximum atomic E-state index is 13.4. The standard InChI is InChI=1S/C20H22FNO3/c21-17-8-4-7-16(13-17)20(24)11-9-18(10-12-20)22-19(23)25-14-15-5-2-1-3-6-15/h1-8,13,18,24H,9-12,14H2,(H,22,23). The second-order valence-corrected chi connectivity index (χ2v) is 6.52. The van der Waals surface area contributed by atoms with Gasteiger partial charge in [0.25, 0.3) is 0 Å². The lowest BCUT2D eigenvalue weighted by Gasteiger charge is -2.36. The summed E-state index contributed by atoms with van der Waals surface area (Å²) in [5, 5.41) is 13.6. The highest BCUT2D eigenvalue weighted by Crippen LogP contribution is 2.37. The van der Waals surface area contributed by atoms with E-state index in [4.69, 9.17) is 4.74 Å². The van der Waals surface area contributed by atoms with Crippen LogP contribution in [0.2, 0.25) is 0 Å². The van der Waals surface area contributed by atoms with Crippen molar-refractivity contribution in [1.82, 2.24) is 5.32 Å². The van der Waals surface area contributed by atoms with Gasteiger partial charge in [-0.15, -0.1) is 0 Å². The molecule has 4 nitrogen and oxygen atoms in total. The van der Waals surface area contributed by atoms with Crippen molar-refractivity contribution >= 4 is 6.09 Å². The van der Waals surface area contributed by atoms with Gasteiger partial charge in [0.05, 0.1) is 5.60 Å². The molecule has 0 spiro atoms. The third-order valence-electron chi connectivity index (χ3n) is 4.71. The molecule has 0 saturated heterocycles. The van der Waals surface area contributed by atoms with Crippen LogP contribution in [0.1, 0.15) is 36.8 Å². The third kappa shape index (κ3) is 4.57. The molecule has 1 amide bonds. The lowest BCUT2D eigenvalue weighted by molar-refractivity contribution is -0.00879. The molecule has 0 atom stereocenters. The van der Waals surface area contributed by atoms with E-state index in [1.54, 1.807) is 12.1 Å². The second kappa shape index (κ2) is 7.66. The fraction of sp³-hybridized carbons (Fsp3) is 0.350. The van der Waals surface area contributed by atoms with Crippen LogP contribution < -0.4 is 5.32 Å². The van der Waals surface area contributed by atoms with Gasteiger partial charge in [-0.1, -0.05) is 42.5 Å². The minimum Gasteiger partial charge on any atom is -0.445 e. The normalized spacial score (nSPS) is 23.0. The molecule has 1 aliphatic carbocycles. The fourth-order valence-corrected chi connectivity index (χ4v) is 3.24. The molecular weight excluding hydrogens is 321 g/mol. The molecule has 1 aliphatic rings. The zero-order valence-electron chi connectivity index (χ0n) is 14.0. The Bertz CT molecular complexity index is 712. The average molecular weight is 343 g/mol. The first kappa shape index (κ1) is 17.4. The Kier molecular flexibility index (Phi) is 5.34. The molecule has 0 unspecified atom stereocenters. The maximum Gasteiger partial charge on any atom is 0.407 e. The summed E-state index contributed by atoms with van der Waals surface area (Å²) < 4.78 is 18.6. The number of nitrogens with one attached hydrogen (secondary N) is 1. The largest absolute Gasteiger partial charge is 0.445 e. The van der Waals surface area contributed by atoms with Crippen LogP contribution in [0.4, 0.5) is 9.18 Å². The minimum atomic E-state index is -1.03. The number of rotatable bonds is 4. The summed E-state index contributed by atoms with van der Waals surface area (Å²) in [5.74, 6) is -0.351. The highest BCUT2D eigenvalue weighted by Gasteiger charge is 2.35. The van der Waals surface area contributed by atoms with E-state index in [9.17, 15) is 14.3 Å². The van der Waals surface area contributed by atoms with Crippen molar-refractivity contribution in [2.24, 2.45) is 0 Å². The monoisotopic (exact) mass is 343 g/mol. The van der Waals surface area contributed by atoms with Gasteiger partial charge >= 0.3 is 6.09 Å². The van der Waals surface area contributed by atoms with E-state index in [2.05, 4.69) is 5.32 Å². The van der Waals surface area contributed by atoms with Crippen LogP contribution in [-0.4, -0.2) is 17.2 Å². The number of ether oxygens (including phenoxy) is 1. The van der Waals surface area contributed by atoms with Crippen LogP contribution in [-0.2, 0) is 16.9 Å². The number of hydrogen-bond donors (Lipinski definition) is 2. The molecule has 5 heteroatoms. The summed E-state index contributed by atoms with van der Waals surface area (Å²) >= 11 is 0. The molecule has 2 N–H and O–H groups in total. The maximum absolute atomic E-state index is 13.4. The van der Waals surface area contributed by atoms with Gasteiger partial charge in [-0.05, 0) is 48.9 Å². The van der Waals surface area contributed by atoms with Crippen molar-refractivity contribution in [2.45, 2.75) is 43.9 Å². The topological polar surface area (TPSA) is 58.6 Å². The Hall–Kier alpha value is -2.40. The lowest BCUT2D eigenvalue weighted by atomic mass is 9.78. The van der Waals surface area contributed by atoms with Crippen LogP contribution in [0.3, 0.4) is 0 Å². The predicted molar refractivity (Wildman–Crippen MR) is 92.3 cm³/mol. The summed E-state index contributed by atoms with van der Waals surface area (Å²) in [5.41, 5.74) is 0.494. The number of carbonyl (C=O) groups is 1. The Labute approximate surface area is 146 Å². The van der Waals surface area contributed by atoms with Gasteiger partial charge in [0.2, 0.25) is 0 Å². The van der Waals surface area contributed by atoms with Gasteiger partial charge < -0.3 is 15.2 Å². The molecule has 2 aromatic rings. The van der Waals surface area contributed by atoms with E-state index in [0.29, 0.717) is 31.2 Å². The minimum absolute atomic E-state index is 0.0443. The van der Waals surface area contributed by atoms with E-state index < -0.39 is 11.7 Å². The molecule has 0 radical (unpaired) electrons. The van der Waals surface area contributed by atoms with Gasteiger partial charge in [-0.2, -0.15) is 0 Å². The molecule has 2 aromatic carbocycles. The zero-order chi connectivity index (χ0) is 17.7. The third-order valence-corrected chi connectivity index (χ3v) is 4.71. The van der Waals surface area contributed by atoms with Crippen molar-refractivity contribution in [3.05, 3.63) is 71.5 Å². The first-order valence-corrected chi connectivity index (χ1v) is 8.51. The van der Waals surface area contributed by atoms with Crippen molar-refractivity contribution in [1.29, 1.82) is 0 Å². The van der Waals surface area contributed by atoms with Crippen molar-refractivity contribution in [3.8, 4) is 0 Å². The van der Waals surface area contributed by atoms with E-state index in [1.807, 2.05) is 30.3 Å².